The Morgan fingerprint density at radius 1 is 0.846 bits per heavy atom. The van der Waals surface area contributed by atoms with Crippen molar-refractivity contribution in [1.29, 1.82) is 0 Å². The van der Waals surface area contributed by atoms with E-state index < -0.39 is 17.3 Å². The van der Waals surface area contributed by atoms with Crippen LogP contribution >= 0.6 is 22.6 Å². The number of aliphatic imine (C=N–C) groups is 1. The number of amides is 2. The van der Waals surface area contributed by atoms with Crippen molar-refractivity contribution < 1.29 is 14.3 Å². The third-order valence-corrected chi connectivity index (χ3v) is 9.26. The maximum atomic E-state index is 14.5. The van der Waals surface area contributed by atoms with Crippen LogP contribution in [0.2, 0.25) is 0 Å². The van der Waals surface area contributed by atoms with E-state index in [2.05, 4.69) is 46.9 Å². The Hall–Kier alpha value is -3.78. The lowest BCUT2D eigenvalue weighted by Crippen LogP contribution is -2.54. The van der Waals surface area contributed by atoms with E-state index in [1.54, 1.807) is 12.1 Å². The van der Waals surface area contributed by atoms with E-state index in [-0.39, 0.29) is 17.7 Å². The number of ether oxygens (including phenoxy) is 1. The van der Waals surface area contributed by atoms with E-state index in [1.165, 1.54) is 4.90 Å². The minimum Gasteiger partial charge on any atom is -0.494 e. The van der Waals surface area contributed by atoms with Crippen molar-refractivity contribution in [1.82, 2.24) is 0 Å². The van der Waals surface area contributed by atoms with Crippen LogP contribution in [0.25, 0.3) is 0 Å². The number of nitrogens with zero attached hydrogens (tertiary/aromatic N) is 2. The van der Waals surface area contributed by atoms with Gasteiger partial charge in [0.05, 0.1) is 35.2 Å². The molecule has 1 fully saturated rings. The Bertz CT molecular complexity index is 1610. The second kappa shape index (κ2) is 9.16. The average Bonchev–Trinajstić information content (AvgIpc) is 3.24. The SMILES string of the molecule is CCOc1ccc(N2C(=O)[C@@H]3C4c5ccccc5C(C=Nc5ccccc5I)(c5ccccc54)[C@H]3C2=O)cc1. The standard InChI is InChI=1S/C33H25IN2O3/c1-2-39-21-17-15-20(16-18-21)36-31(37)29-28-22-9-3-5-11-24(22)33(30(29)32(36)38,25-12-6-4-10-23(25)28)19-35-27-14-8-7-13-26(27)34/h3-19,28-30H,2H2,1H3/t28?,29-,30-,33?/m1/s1. The molecule has 1 saturated heterocycles. The van der Waals surface area contributed by atoms with Crippen LogP contribution in [0, 0.1) is 15.4 Å². The fourth-order valence-electron chi connectivity index (χ4n) is 6.89. The second-order valence-electron chi connectivity index (χ2n) is 10.2. The van der Waals surface area contributed by atoms with Gasteiger partial charge < -0.3 is 4.74 Å². The minimum atomic E-state index is -0.877. The summed E-state index contributed by atoms with van der Waals surface area (Å²) in [5, 5.41) is 0. The molecule has 4 aliphatic rings. The molecule has 0 aromatic heterocycles. The number of benzene rings is 4. The fraction of sp³-hybridized carbons (Fsp3) is 0.182. The maximum Gasteiger partial charge on any atom is 0.239 e. The van der Waals surface area contributed by atoms with Crippen molar-refractivity contribution in [3.8, 4) is 5.75 Å². The average molecular weight is 624 g/mol. The summed E-state index contributed by atoms with van der Waals surface area (Å²) in [5.41, 5.74) is 4.84. The molecule has 4 aromatic rings. The molecule has 2 amide bonds. The summed E-state index contributed by atoms with van der Waals surface area (Å²) in [7, 11) is 0. The Morgan fingerprint density at radius 3 is 2.10 bits per heavy atom. The third-order valence-electron chi connectivity index (χ3n) is 8.35. The Kier molecular flexibility index (Phi) is 5.70. The zero-order valence-corrected chi connectivity index (χ0v) is 23.4. The molecule has 3 aliphatic carbocycles. The van der Waals surface area contributed by atoms with Crippen molar-refractivity contribution in [2.45, 2.75) is 18.3 Å². The predicted octanol–water partition coefficient (Wildman–Crippen LogP) is 6.64. The van der Waals surface area contributed by atoms with Gasteiger partial charge in [-0.25, -0.2) is 4.90 Å². The largest absolute Gasteiger partial charge is 0.494 e. The van der Waals surface area contributed by atoms with Gasteiger partial charge in [-0.3, -0.25) is 14.6 Å². The fourth-order valence-corrected chi connectivity index (χ4v) is 7.42. The van der Waals surface area contributed by atoms with E-state index in [4.69, 9.17) is 9.73 Å². The van der Waals surface area contributed by atoms with Gasteiger partial charge >= 0.3 is 0 Å². The minimum absolute atomic E-state index is 0.157. The number of carbonyl (C=O) groups is 2. The molecule has 39 heavy (non-hydrogen) atoms. The molecular weight excluding hydrogens is 599 g/mol. The topological polar surface area (TPSA) is 59.0 Å². The summed E-state index contributed by atoms with van der Waals surface area (Å²) in [6, 6.07) is 31.7. The predicted molar refractivity (Wildman–Crippen MR) is 160 cm³/mol. The number of halogens is 1. The van der Waals surface area contributed by atoms with Crippen LogP contribution in [0.3, 0.4) is 0 Å². The van der Waals surface area contributed by atoms with Gasteiger partial charge in [0.2, 0.25) is 11.8 Å². The molecule has 1 aliphatic heterocycles. The zero-order valence-electron chi connectivity index (χ0n) is 21.3. The Morgan fingerprint density at radius 2 is 1.46 bits per heavy atom. The van der Waals surface area contributed by atoms with Gasteiger partial charge in [0.25, 0.3) is 0 Å². The molecule has 2 atom stereocenters. The van der Waals surface area contributed by atoms with Crippen molar-refractivity contribution in [3.63, 3.8) is 0 Å². The van der Waals surface area contributed by atoms with Crippen LogP contribution in [0.15, 0.2) is 102 Å². The smallest absolute Gasteiger partial charge is 0.239 e. The highest BCUT2D eigenvalue weighted by atomic mass is 127. The van der Waals surface area contributed by atoms with Gasteiger partial charge in [-0.2, -0.15) is 0 Å². The normalized spacial score (nSPS) is 24.6. The molecule has 192 valence electrons. The van der Waals surface area contributed by atoms with Crippen LogP contribution in [0.5, 0.6) is 5.75 Å². The van der Waals surface area contributed by atoms with Crippen molar-refractivity contribution >= 4 is 52.0 Å². The van der Waals surface area contributed by atoms with Crippen LogP contribution in [0.4, 0.5) is 11.4 Å². The quantitative estimate of drug-likeness (QED) is 0.142. The van der Waals surface area contributed by atoms with Crippen LogP contribution in [0.1, 0.15) is 35.1 Å². The van der Waals surface area contributed by atoms with Gasteiger partial charge in [-0.15, -0.1) is 0 Å². The Balaban J connectivity index is 1.46. The first-order chi connectivity index (χ1) is 19.1. The summed E-state index contributed by atoms with van der Waals surface area (Å²) in [5.74, 6) is -0.948. The highest BCUT2D eigenvalue weighted by Gasteiger charge is 2.67. The lowest BCUT2D eigenvalue weighted by atomic mass is 9.47. The highest BCUT2D eigenvalue weighted by molar-refractivity contribution is 14.1. The van der Waals surface area contributed by atoms with Gasteiger partial charge in [0.1, 0.15) is 5.75 Å². The van der Waals surface area contributed by atoms with E-state index in [9.17, 15) is 9.59 Å². The molecule has 8 rings (SSSR count). The zero-order chi connectivity index (χ0) is 26.7. The van der Waals surface area contributed by atoms with Crippen molar-refractivity contribution in [2.75, 3.05) is 11.5 Å². The molecular formula is C33H25IN2O3. The van der Waals surface area contributed by atoms with Gasteiger partial charge in [0.15, 0.2) is 0 Å². The lowest BCUT2D eigenvalue weighted by Gasteiger charge is -2.52. The van der Waals surface area contributed by atoms with Gasteiger partial charge in [-0.05, 0) is 88.2 Å². The lowest BCUT2D eigenvalue weighted by molar-refractivity contribution is -0.122. The van der Waals surface area contributed by atoms with E-state index in [1.807, 2.05) is 73.8 Å². The number of hydrogen-bond acceptors (Lipinski definition) is 4. The number of hydrogen-bond donors (Lipinski definition) is 0. The maximum absolute atomic E-state index is 14.5. The third kappa shape index (κ3) is 3.40. The Labute approximate surface area is 240 Å². The molecule has 0 radical (unpaired) electrons. The molecule has 0 N–H and O–H groups in total. The monoisotopic (exact) mass is 624 g/mol. The van der Waals surface area contributed by atoms with Crippen molar-refractivity contribution in [2.24, 2.45) is 16.8 Å². The summed E-state index contributed by atoms with van der Waals surface area (Å²) in [6.45, 7) is 2.47. The number of para-hydroxylation sites is 1. The molecule has 0 spiro atoms. The first kappa shape index (κ1) is 24.3. The summed E-state index contributed by atoms with van der Waals surface area (Å²) < 4.78 is 6.62. The van der Waals surface area contributed by atoms with Crippen molar-refractivity contribution in [3.05, 3.63) is 123 Å². The second-order valence-corrected chi connectivity index (χ2v) is 11.3. The molecule has 0 unspecified atom stereocenters. The molecule has 0 saturated carbocycles. The number of anilines is 1. The van der Waals surface area contributed by atoms with E-state index >= 15 is 0 Å². The van der Waals surface area contributed by atoms with Crippen LogP contribution in [-0.4, -0.2) is 24.6 Å². The molecule has 1 heterocycles. The van der Waals surface area contributed by atoms with Crippen LogP contribution in [-0.2, 0) is 15.0 Å². The van der Waals surface area contributed by atoms with Gasteiger partial charge in [0, 0.05) is 15.7 Å². The molecule has 5 nitrogen and oxygen atoms in total. The summed E-state index contributed by atoms with van der Waals surface area (Å²) in [4.78, 5) is 35.1. The molecule has 6 heteroatoms. The molecule has 2 bridgehead atoms. The number of carbonyl (C=O) groups excluding carboxylic acids is 2. The van der Waals surface area contributed by atoms with Gasteiger partial charge in [-0.1, -0.05) is 60.7 Å². The number of imide groups is 1. The highest BCUT2D eigenvalue weighted by Crippen LogP contribution is 2.63. The van der Waals surface area contributed by atoms with Crippen LogP contribution < -0.4 is 9.64 Å². The first-order valence-corrected chi connectivity index (χ1v) is 14.2. The number of rotatable bonds is 5. The summed E-state index contributed by atoms with van der Waals surface area (Å²) in [6.07, 6.45) is 1.95. The molecule has 4 aromatic carbocycles. The van der Waals surface area contributed by atoms with E-state index in [0.29, 0.717) is 18.0 Å². The first-order valence-electron chi connectivity index (χ1n) is 13.2. The summed E-state index contributed by atoms with van der Waals surface area (Å²) >= 11 is 2.29. The van der Waals surface area contributed by atoms with E-state index in [0.717, 1.165) is 31.5 Å².